The Morgan fingerprint density at radius 1 is 1.56 bits per heavy atom. The summed E-state index contributed by atoms with van der Waals surface area (Å²) in [4.78, 5) is 19.4. The molecule has 1 unspecified atom stereocenters. The molecule has 0 amide bonds. The van der Waals surface area contributed by atoms with Gasteiger partial charge < -0.3 is 5.11 Å². The van der Waals surface area contributed by atoms with Gasteiger partial charge in [-0.05, 0) is 25.7 Å². The predicted octanol–water partition coefficient (Wildman–Crippen LogP) is 1.92. The van der Waals surface area contributed by atoms with E-state index in [1.54, 1.807) is 6.33 Å². The molecule has 1 heterocycles. The monoisotopic (exact) mass is 238 g/mol. The van der Waals surface area contributed by atoms with Gasteiger partial charge >= 0.3 is 5.97 Å². The van der Waals surface area contributed by atoms with E-state index >= 15 is 0 Å². The molecule has 1 aliphatic rings. The number of fused-ring (bicyclic) bond motifs is 1. The summed E-state index contributed by atoms with van der Waals surface area (Å²) in [6.07, 6.45) is 5.23. The first kappa shape index (κ1) is 11.4. The highest BCUT2D eigenvalue weighted by molar-refractivity contribution is 8.00. The van der Waals surface area contributed by atoms with Crippen LogP contribution in [0.2, 0.25) is 0 Å². The quantitative estimate of drug-likeness (QED) is 0.641. The molecule has 1 aromatic heterocycles. The van der Waals surface area contributed by atoms with E-state index in [-0.39, 0.29) is 0 Å². The molecule has 1 N–H and O–H groups in total. The van der Waals surface area contributed by atoms with Crippen molar-refractivity contribution in [3.63, 3.8) is 0 Å². The minimum atomic E-state index is -0.766. The van der Waals surface area contributed by atoms with Gasteiger partial charge in [0.15, 0.2) is 0 Å². The van der Waals surface area contributed by atoms with E-state index in [0.717, 1.165) is 35.5 Å². The van der Waals surface area contributed by atoms with E-state index in [1.165, 1.54) is 11.8 Å². The Balaban J connectivity index is 2.21. The molecule has 0 spiro atoms. The summed E-state index contributed by atoms with van der Waals surface area (Å²) >= 11 is 1.35. The highest BCUT2D eigenvalue weighted by Gasteiger charge is 2.22. The minimum absolute atomic E-state index is 0.403. The predicted molar refractivity (Wildman–Crippen MR) is 61.6 cm³/mol. The van der Waals surface area contributed by atoms with Crippen LogP contribution < -0.4 is 0 Å². The number of aryl methyl sites for hydroxylation is 1. The largest absolute Gasteiger partial charge is 0.480 e. The SMILES string of the molecule is CCC(Sc1ncnc2c1CCC2)C(=O)O. The van der Waals surface area contributed by atoms with Crippen molar-refractivity contribution >= 4 is 17.7 Å². The van der Waals surface area contributed by atoms with Gasteiger partial charge in [-0.25, -0.2) is 9.97 Å². The number of carboxylic acids is 1. The first-order chi connectivity index (χ1) is 7.72. The van der Waals surface area contributed by atoms with Crippen LogP contribution in [-0.2, 0) is 17.6 Å². The van der Waals surface area contributed by atoms with Gasteiger partial charge in [-0.1, -0.05) is 18.7 Å². The molecule has 0 bridgehead atoms. The summed E-state index contributed by atoms with van der Waals surface area (Å²) in [6.45, 7) is 1.88. The molecule has 0 aromatic carbocycles. The van der Waals surface area contributed by atoms with Crippen LogP contribution in [0.1, 0.15) is 31.0 Å². The van der Waals surface area contributed by atoms with Crippen LogP contribution in [0.3, 0.4) is 0 Å². The fourth-order valence-electron chi connectivity index (χ4n) is 1.87. The van der Waals surface area contributed by atoms with Gasteiger partial charge in [0, 0.05) is 11.3 Å². The maximum Gasteiger partial charge on any atom is 0.317 e. The van der Waals surface area contributed by atoms with Crippen molar-refractivity contribution < 1.29 is 9.90 Å². The summed E-state index contributed by atoms with van der Waals surface area (Å²) in [5.41, 5.74) is 2.25. The Morgan fingerprint density at radius 3 is 3.06 bits per heavy atom. The lowest BCUT2D eigenvalue weighted by molar-refractivity contribution is -0.136. The summed E-state index contributed by atoms with van der Waals surface area (Å²) in [5.74, 6) is -0.766. The van der Waals surface area contributed by atoms with Gasteiger partial charge in [0.05, 0.1) is 0 Å². The van der Waals surface area contributed by atoms with Crippen molar-refractivity contribution in [3.8, 4) is 0 Å². The second-order valence-electron chi connectivity index (χ2n) is 3.81. The molecule has 5 heteroatoms. The van der Waals surface area contributed by atoms with E-state index in [0.29, 0.717) is 6.42 Å². The molecule has 16 heavy (non-hydrogen) atoms. The number of hydrogen-bond acceptors (Lipinski definition) is 4. The number of hydrogen-bond donors (Lipinski definition) is 1. The second-order valence-corrected chi connectivity index (χ2v) is 5.00. The Morgan fingerprint density at radius 2 is 2.38 bits per heavy atom. The number of thioether (sulfide) groups is 1. The van der Waals surface area contributed by atoms with Gasteiger partial charge in [-0.3, -0.25) is 4.79 Å². The van der Waals surface area contributed by atoms with Gasteiger partial charge in [0.25, 0.3) is 0 Å². The third kappa shape index (κ3) is 2.19. The van der Waals surface area contributed by atoms with Crippen LogP contribution in [0, 0.1) is 0 Å². The summed E-state index contributed by atoms with van der Waals surface area (Å²) in [7, 11) is 0. The molecule has 0 aliphatic heterocycles. The Kier molecular flexibility index (Phi) is 3.43. The maximum atomic E-state index is 11.0. The van der Waals surface area contributed by atoms with Crippen LogP contribution in [0.25, 0.3) is 0 Å². The molecule has 1 atom stereocenters. The minimum Gasteiger partial charge on any atom is -0.480 e. The smallest absolute Gasteiger partial charge is 0.317 e. The highest BCUT2D eigenvalue weighted by atomic mass is 32.2. The molecule has 4 nitrogen and oxygen atoms in total. The third-order valence-electron chi connectivity index (χ3n) is 2.74. The number of aliphatic carboxylic acids is 1. The average molecular weight is 238 g/mol. The molecule has 86 valence electrons. The summed E-state index contributed by atoms with van der Waals surface area (Å²) in [5, 5.41) is 9.47. The molecular weight excluding hydrogens is 224 g/mol. The van der Waals surface area contributed by atoms with E-state index in [9.17, 15) is 4.79 Å². The average Bonchev–Trinajstić information content (AvgIpc) is 2.73. The molecule has 1 aromatic rings. The van der Waals surface area contributed by atoms with Crippen molar-refractivity contribution in [1.82, 2.24) is 9.97 Å². The standard InChI is InChI=1S/C11H14N2O2S/c1-2-9(11(14)15)16-10-7-4-3-5-8(7)12-6-13-10/h6,9H,2-5H2,1H3,(H,14,15). The van der Waals surface area contributed by atoms with Gasteiger partial charge in [0.1, 0.15) is 16.6 Å². The number of aromatic nitrogens is 2. The van der Waals surface area contributed by atoms with Crippen molar-refractivity contribution in [2.45, 2.75) is 42.9 Å². The van der Waals surface area contributed by atoms with Crippen LogP contribution in [0.5, 0.6) is 0 Å². The zero-order chi connectivity index (χ0) is 11.5. The molecular formula is C11H14N2O2S. The fraction of sp³-hybridized carbons (Fsp3) is 0.545. The topological polar surface area (TPSA) is 63.1 Å². The van der Waals surface area contributed by atoms with E-state index in [2.05, 4.69) is 9.97 Å². The normalized spacial score (nSPS) is 15.8. The van der Waals surface area contributed by atoms with Crippen molar-refractivity contribution in [2.75, 3.05) is 0 Å². The molecule has 1 aliphatic carbocycles. The second kappa shape index (κ2) is 4.82. The van der Waals surface area contributed by atoms with E-state index < -0.39 is 11.2 Å². The molecule has 0 fully saturated rings. The lowest BCUT2D eigenvalue weighted by Gasteiger charge is -2.11. The van der Waals surface area contributed by atoms with Crippen LogP contribution in [0.15, 0.2) is 11.4 Å². The third-order valence-corrected chi connectivity index (χ3v) is 4.13. The summed E-state index contributed by atoms with van der Waals surface area (Å²) < 4.78 is 0. The van der Waals surface area contributed by atoms with Crippen LogP contribution in [-0.4, -0.2) is 26.3 Å². The zero-order valence-electron chi connectivity index (χ0n) is 9.14. The zero-order valence-corrected chi connectivity index (χ0v) is 9.96. The summed E-state index contributed by atoms with van der Waals surface area (Å²) in [6, 6.07) is 0. The number of rotatable bonds is 4. The fourth-order valence-corrected chi connectivity index (χ4v) is 2.88. The molecule has 0 radical (unpaired) electrons. The Bertz CT molecular complexity index is 409. The van der Waals surface area contributed by atoms with Crippen LogP contribution >= 0.6 is 11.8 Å². The van der Waals surface area contributed by atoms with E-state index in [4.69, 9.17) is 5.11 Å². The van der Waals surface area contributed by atoms with Crippen molar-refractivity contribution in [3.05, 3.63) is 17.6 Å². The van der Waals surface area contributed by atoms with Crippen LogP contribution in [0.4, 0.5) is 0 Å². The number of nitrogens with zero attached hydrogens (tertiary/aromatic N) is 2. The van der Waals surface area contributed by atoms with Gasteiger partial charge in [-0.15, -0.1) is 0 Å². The number of carboxylic acid groups (broad SMARTS) is 1. The van der Waals surface area contributed by atoms with Crippen molar-refractivity contribution in [2.24, 2.45) is 0 Å². The molecule has 0 saturated heterocycles. The molecule has 2 rings (SSSR count). The van der Waals surface area contributed by atoms with Gasteiger partial charge in [-0.2, -0.15) is 0 Å². The maximum absolute atomic E-state index is 11.0. The lowest BCUT2D eigenvalue weighted by atomic mass is 10.3. The number of carbonyl (C=O) groups is 1. The van der Waals surface area contributed by atoms with Gasteiger partial charge in [0.2, 0.25) is 0 Å². The lowest BCUT2D eigenvalue weighted by Crippen LogP contribution is -2.15. The highest BCUT2D eigenvalue weighted by Crippen LogP contribution is 2.32. The van der Waals surface area contributed by atoms with E-state index in [1.807, 2.05) is 6.92 Å². The first-order valence-electron chi connectivity index (χ1n) is 5.44. The molecule has 0 saturated carbocycles. The first-order valence-corrected chi connectivity index (χ1v) is 6.32. The van der Waals surface area contributed by atoms with Crippen molar-refractivity contribution in [1.29, 1.82) is 0 Å². The Hall–Kier alpha value is -1.10. The Labute approximate surface area is 98.5 Å².